The lowest BCUT2D eigenvalue weighted by Crippen LogP contribution is -2.40. The summed E-state index contributed by atoms with van der Waals surface area (Å²) >= 11 is 3.36. The van der Waals surface area contributed by atoms with Gasteiger partial charge in [0.15, 0.2) is 0 Å². The number of anilines is 1. The van der Waals surface area contributed by atoms with Crippen molar-refractivity contribution in [2.24, 2.45) is 5.73 Å². The van der Waals surface area contributed by atoms with Gasteiger partial charge in [-0.15, -0.1) is 0 Å². The summed E-state index contributed by atoms with van der Waals surface area (Å²) in [5, 5.41) is 0. The van der Waals surface area contributed by atoms with Crippen LogP contribution in [0.4, 0.5) is 10.1 Å². The van der Waals surface area contributed by atoms with Gasteiger partial charge in [0.2, 0.25) is 0 Å². The first-order chi connectivity index (χ1) is 7.16. The largest absolute Gasteiger partial charge is 0.369 e. The molecule has 4 heteroatoms. The Kier molecular flexibility index (Phi) is 3.26. The number of nitrogens with two attached hydrogens (primary N) is 1. The summed E-state index contributed by atoms with van der Waals surface area (Å²) in [7, 11) is 0. The van der Waals surface area contributed by atoms with Crippen molar-refractivity contribution < 1.29 is 4.39 Å². The van der Waals surface area contributed by atoms with Crippen LogP contribution in [-0.4, -0.2) is 19.1 Å². The van der Waals surface area contributed by atoms with Gasteiger partial charge in [-0.2, -0.15) is 0 Å². The van der Waals surface area contributed by atoms with Crippen molar-refractivity contribution in [1.29, 1.82) is 0 Å². The Hall–Kier alpha value is -0.610. The number of piperidine rings is 1. The van der Waals surface area contributed by atoms with Crippen LogP contribution in [0.1, 0.15) is 12.8 Å². The van der Waals surface area contributed by atoms with E-state index in [0.29, 0.717) is 5.69 Å². The molecule has 0 aromatic heterocycles. The Morgan fingerprint density at radius 3 is 2.67 bits per heavy atom. The fourth-order valence-corrected chi connectivity index (χ4v) is 2.22. The highest BCUT2D eigenvalue weighted by molar-refractivity contribution is 9.10. The number of benzene rings is 1. The molecule has 0 aliphatic carbocycles. The molecule has 2 N–H and O–H groups in total. The molecule has 0 amide bonds. The number of hydrogen-bond acceptors (Lipinski definition) is 2. The van der Waals surface area contributed by atoms with Crippen LogP contribution in [0, 0.1) is 5.82 Å². The molecular formula is C11H14BrFN2. The van der Waals surface area contributed by atoms with E-state index in [0.717, 1.165) is 30.4 Å². The van der Waals surface area contributed by atoms with E-state index in [1.165, 1.54) is 6.07 Å². The molecule has 0 radical (unpaired) electrons. The molecule has 1 saturated heterocycles. The number of rotatable bonds is 1. The Balaban J connectivity index is 2.18. The summed E-state index contributed by atoms with van der Waals surface area (Å²) in [6, 6.07) is 5.31. The Bertz CT molecular complexity index is 348. The third kappa shape index (κ3) is 2.49. The molecule has 1 aromatic carbocycles. The third-order valence-corrected chi connectivity index (χ3v) is 3.28. The van der Waals surface area contributed by atoms with E-state index in [1.54, 1.807) is 6.07 Å². The average molecular weight is 273 g/mol. The SMILES string of the molecule is NC1CCN(c2cc(Br)ccc2F)CC1. The van der Waals surface area contributed by atoms with Crippen LogP contribution < -0.4 is 10.6 Å². The second-order valence-corrected chi connectivity index (χ2v) is 4.84. The van der Waals surface area contributed by atoms with Gasteiger partial charge in [-0.25, -0.2) is 4.39 Å². The van der Waals surface area contributed by atoms with Crippen LogP contribution in [0.25, 0.3) is 0 Å². The molecular weight excluding hydrogens is 259 g/mol. The summed E-state index contributed by atoms with van der Waals surface area (Å²) < 4.78 is 14.5. The monoisotopic (exact) mass is 272 g/mol. The van der Waals surface area contributed by atoms with Crippen LogP contribution in [0.2, 0.25) is 0 Å². The molecule has 15 heavy (non-hydrogen) atoms. The topological polar surface area (TPSA) is 29.3 Å². The maximum Gasteiger partial charge on any atom is 0.146 e. The lowest BCUT2D eigenvalue weighted by molar-refractivity contribution is 0.494. The molecule has 0 atom stereocenters. The average Bonchev–Trinajstić information content (AvgIpc) is 2.23. The van der Waals surface area contributed by atoms with Gasteiger partial charge < -0.3 is 10.6 Å². The number of halogens is 2. The number of hydrogen-bond donors (Lipinski definition) is 1. The van der Waals surface area contributed by atoms with Crippen molar-refractivity contribution in [2.75, 3.05) is 18.0 Å². The van der Waals surface area contributed by atoms with Crippen molar-refractivity contribution >= 4 is 21.6 Å². The Morgan fingerprint density at radius 1 is 1.33 bits per heavy atom. The molecule has 0 spiro atoms. The lowest BCUT2D eigenvalue weighted by atomic mass is 10.1. The van der Waals surface area contributed by atoms with Crippen LogP contribution in [0.5, 0.6) is 0 Å². The molecule has 2 rings (SSSR count). The predicted octanol–water partition coefficient (Wildman–Crippen LogP) is 2.52. The molecule has 0 bridgehead atoms. The maximum absolute atomic E-state index is 13.6. The molecule has 1 aliphatic heterocycles. The quantitative estimate of drug-likeness (QED) is 0.851. The van der Waals surface area contributed by atoms with Crippen LogP contribution in [0.15, 0.2) is 22.7 Å². The highest BCUT2D eigenvalue weighted by Crippen LogP contribution is 2.26. The highest BCUT2D eigenvalue weighted by atomic mass is 79.9. The van der Waals surface area contributed by atoms with Crippen LogP contribution in [0.3, 0.4) is 0 Å². The van der Waals surface area contributed by atoms with Gasteiger partial charge in [0.05, 0.1) is 5.69 Å². The lowest BCUT2D eigenvalue weighted by Gasteiger charge is -2.32. The van der Waals surface area contributed by atoms with Gasteiger partial charge in [-0.3, -0.25) is 0 Å². The van der Waals surface area contributed by atoms with Gasteiger partial charge >= 0.3 is 0 Å². The Morgan fingerprint density at radius 2 is 2.00 bits per heavy atom. The van der Waals surface area contributed by atoms with Gasteiger partial charge in [-0.05, 0) is 31.0 Å². The van der Waals surface area contributed by atoms with Gasteiger partial charge in [0.25, 0.3) is 0 Å². The summed E-state index contributed by atoms with van der Waals surface area (Å²) in [6.07, 6.45) is 1.87. The molecule has 0 unspecified atom stereocenters. The van der Waals surface area contributed by atoms with E-state index in [1.807, 2.05) is 6.07 Å². The van der Waals surface area contributed by atoms with E-state index in [-0.39, 0.29) is 11.9 Å². The molecule has 1 aliphatic rings. The van der Waals surface area contributed by atoms with Crippen LogP contribution >= 0.6 is 15.9 Å². The van der Waals surface area contributed by atoms with E-state index >= 15 is 0 Å². The van der Waals surface area contributed by atoms with Crippen LogP contribution in [-0.2, 0) is 0 Å². The van der Waals surface area contributed by atoms with E-state index in [2.05, 4.69) is 20.8 Å². The minimum Gasteiger partial charge on any atom is -0.369 e. The maximum atomic E-state index is 13.6. The zero-order valence-corrected chi connectivity index (χ0v) is 10.0. The minimum absolute atomic E-state index is 0.159. The van der Waals surface area contributed by atoms with Crippen molar-refractivity contribution in [2.45, 2.75) is 18.9 Å². The van der Waals surface area contributed by atoms with Crippen molar-refractivity contribution in [3.63, 3.8) is 0 Å². The van der Waals surface area contributed by atoms with Gasteiger partial charge in [0, 0.05) is 23.6 Å². The highest BCUT2D eigenvalue weighted by Gasteiger charge is 2.18. The second kappa shape index (κ2) is 4.49. The van der Waals surface area contributed by atoms with Crippen molar-refractivity contribution in [3.8, 4) is 0 Å². The first kappa shape index (κ1) is 10.9. The summed E-state index contributed by atoms with van der Waals surface area (Å²) in [4.78, 5) is 2.06. The minimum atomic E-state index is -0.159. The summed E-state index contributed by atoms with van der Waals surface area (Å²) in [5.74, 6) is -0.159. The second-order valence-electron chi connectivity index (χ2n) is 3.92. The predicted molar refractivity (Wildman–Crippen MR) is 63.5 cm³/mol. The normalized spacial score (nSPS) is 18.2. The number of nitrogens with zero attached hydrogens (tertiary/aromatic N) is 1. The standard InChI is InChI=1S/C11H14BrFN2/c12-8-1-2-10(13)11(7-8)15-5-3-9(14)4-6-15/h1-2,7,9H,3-6,14H2. The first-order valence-electron chi connectivity index (χ1n) is 5.12. The molecule has 1 aromatic rings. The molecule has 82 valence electrons. The van der Waals surface area contributed by atoms with Gasteiger partial charge in [-0.1, -0.05) is 15.9 Å². The zero-order valence-electron chi connectivity index (χ0n) is 8.42. The van der Waals surface area contributed by atoms with Crippen molar-refractivity contribution in [1.82, 2.24) is 0 Å². The molecule has 1 heterocycles. The third-order valence-electron chi connectivity index (χ3n) is 2.79. The van der Waals surface area contributed by atoms with E-state index < -0.39 is 0 Å². The fraction of sp³-hybridized carbons (Fsp3) is 0.455. The first-order valence-corrected chi connectivity index (χ1v) is 5.91. The molecule has 1 fully saturated rings. The zero-order chi connectivity index (χ0) is 10.8. The summed E-state index contributed by atoms with van der Waals surface area (Å²) in [6.45, 7) is 1.68. The van der Waals surface area contributed by atoms with Gasteiger partial charge in [0.1, 0.15) is 5.82 Å². The smallest absolute Gasteiger partial charge is 0.146 e. The Labute approximate surface area is 97.4 Å². The molecule has 0 saturated carbocycles. The van der Waals surface area contributed by atoms with Crippen molar-refractivity contribution in [3.05, 3.63) is 28.5 Å². The summed E-state index contributed by atoms with van der Waals surface area (Å²) in [5.41, 5.74) is 6.49. The van der Waals surface area contributed by atoms with E-state index in [4.69, 9.17) is 5.73 Å². The fourth-order valence-electron chi connectivity index (χ4n) is 1.87. The molecule has 2 nitrogen and oxygen atoms in total. The van der Waals surface area contributed by atoms with E-state index in [9.17, 15) is 4.39 Å².